The van der Waals surface area contributed by atoms with E-state index in [1.807, 2.05) is 36.9 Å². The van der Waals surface area contributed by atoms with Gasteiger partial charge in [0.2, 0.25) is 0 Å². The number of carbonyl (C=O) groups excluding carboxylic acids is 1. The van der Waals surface area contributed by atoms with Crippen LogP contribution in [0.15, 0.2) is 36.7 Å². The zero-order chi connectivity index (χ0) is 17.8. The number of hydrogen-bond acceptors (Lipinski definition) is 5. The molecule has 0 radical (unpaired) electrons. The summed E-state index contributed by atoms with van der Waals surface area (Å²) in [6.45, 7) is 6.85. The standard InChI is InChI=1S/C18H22ClN5O/c1-13(2)22-17-15(4-3-7-20-17)18(25)24-10-8-23(9-11-24)16-6-5-14(19)12-21-16/h3-7,12-13H,8-11H2,1-2H3,(H,20,22). The summed E-state index contributed by atoms with van der Waals surface area (Å²) in [7, 11) is 0. The normalized spacial score (nSPS) is 14.7. The summed E-state index contributed by atoms with van der Waals surface area (Å²) in [5, 5.41) is 3.87. The van der Waals surface area contributed by atoms with Gasteiger partial charge in [-0.2, -0.15) is 0 Å². The van der Waals surface area contributed by atoms with Crippen LogP contribution >= 0.6 is 11.6 Å². The largest absolute Gasteiger partial charge is 0.367 e. The van der Waals surface area contributed by atoms with Crippen molar-refractivity contribution in [3.63, 3.8) is 0 Å². The van der Waals surface area contributed by atoms with Crippen LogP contribution in [0.2, 0.25) is 5.02 Å². The van der Waals surface area contributed by atoms with Crippen molar-refractivity contribution in [3.05, 3.63) is 47.2 Å². The molecule has 3 rings (SSSR count). The summed E-state index contributed by atoms with van der Waals surface area (Å²) in [4.78, 5) is 25.6. The van der Waals surface area contributed by atoms with Crippen molar-refractivity contribution in [1.29, 1.82) is 0 Å². The van der Waals surface area contributed by atoms with Crippen molar-refractivity contribution >= 4 is 29.1 Å². The number of pyridine rings is 2. The third kappa shape index (κ3) is 4.20. The molecule has 1 fully saturated rings. The molecule has 0 bridgehead atoms. The summed E-state index contributed by atoms with van der Waals surface area (Å²) in [6.07, 6.45) is 3.35. The number of carbonyl (C=O) groups is 1. The minimum atomic E-state index is 0.0139. The Morgan fingerprint density at radius 1 is 1.16 bits per heavy atom. The van der Waals surface area contributed by atoms with Gasteiger partial charge in [0.25, 0.3) is 5.91 Å². The molecule has 0 unspecified atom stereocenters. The topological polar surface area (TPSA) is 61.4 Å². The number of halogens is 1. The van der Waals surface area contributed by atoms with E-state index in [9.17, 15) is 4.79 Å². The average Bonchev–Trinajstić information content (AvgIpc) is 2.62. The Morgan fingerprint density at radius 2 is 1.92 bits per heavy atom. The van der Waals surface area contributed by atoms with Crippen molar-refractivity contribution in [2.45, 2.75) is 19.9 Å². The van der Waals surface area contributed by atoms with E-state index in [0.29, 0.717) is 29.5 Å². The highest BCUT2D eigenvalue weighted by atomic mass is 35.5. The molecule has 1 amide bonds. The van der Waals surface area contributed by atoms with Crippen LogP contribution in [0.4, 0.5) is 11.6 Å². The van der Waals surface area contributed by atoms with Crippen molar-refractivity contribution in [2.24, 2.45) is 0 Å². The van der Waals surface area contributed by atoms with Gasteiger partial charge in [-0.3, -0.25) is 4.79 Å². The summed E-state index contributed by atoms with van der Waals surface area (Å²) in [6, 6.07) is 7.58. The Morgan fingerprint density at radius 3 is 2.56 bits per heavy atom. The van der Waals surface area contributed by atoms with Gasteiger partial charge in [0.15, 0.2) is 0 Å². The van der Waals surface area contributed by atoms with Crippen molar-refractivity contribution < 1.29 is 4.79 Å². The Bertz CT molecular complexity index is 727. The second kappa shape index (κ2) is 7.70. The first-order valence-electron chi connectivity index (χ1n) is 8.42. The number of nitrogens with zero attached hydrogens (tertiary/aromatic N) is 4. The molecular formula is C18H22ClN5O. The molecule has 0 aliphatic carbocycles. The molecule has 2 aromatic rings. The molecule has 25 heavy (non-hydrogen) atoms. The molecule has 1 aliphatic heterocycles. The van der Waals surface area contributed by atoms with E-state index in [-0.39, 0.29) is 11.9 Å². The fourth-order valence-corrected chi connectivity index (χ4v) is 2.94. The summed E-state index contributed by atoms with van der Waals surface area (Å²) >= 11 is 5.89. The van der Waals surface area contributed by atoms with Crippen LogP contribution in [-0.4, -0.2) is 53.0 Å². The summed E-state index contributed by atoms with van der Waals surface area (Å²) in [5.41, 5.74) is 0.620. The minimum absolute atomic E-state index is 0.0139. The maximum Gasteiger partial charge on any atom is 0.257 e. The lowest BCUT2D eigenvalue weighted by atomic mass is 10.2. The van der Waals surface area contributed by atoms with E-state index in [2.05, 4.69) is 20.2 Å². The third-order valence-corrected chi connectivity index (χ3v) is 4.29. The molecule has 7 heteroatoms. The predicted molar refractivity (Wildman–Crippen MR) is 100 cm³/mol. The van der Waals surface area contributed by atoms with Gasteiger partial charge in [0.1, 0.15) is 11.6 Å². The van der Waals surface area contributed by atoms with Crippen LogP contribution in [0, 0.1) is 0 Å². The predicted octanol–water partition coefficient (Wildman–Crippen LogP) is 2.91. The van der Waals surface area contributed by atoms with Crippen molar-refractivity contribution in [1.82, 2.24) is 14.9 Å². The summed E-state index contributed by atoms with van der Waals surface area (Å²) in [5.74, 6) is 1.55. The van der Waals surface area contributed by atoms with Gasteiger partial charge in [-0.05, 0) is 38.1 Å². The first kappa shape index (κ1) is 17.5. The minimum Gasteiger partial charge on any atom is -0.367 e. The smallest absolute Gasteiger partial charge is 0.257 e. The van der Waals surface area contributed by atoms with E-state index in [4.69, 9.17) is 11.6 Å². The van der Waals surface area contributed by atoms with Crippen LogP contribution in [0.25, 0.3) is 0 Å². The maximum atomic E-state index is 12.9. The monoisotopic (exact) mass is 359 g/mol. The zero-order valence-electron chi connectivity index (χ0n) is 14.4. The molecule has 132 valence electrons. The van der Waals surface area contributed by atoms with Gasteiger partial charge in [-0.1, -0.05) is 11.6 Å². The fraction of sp³-hybridized carbons (Fsp3) is 0.389. The van der Waals surface area contributed by atoms with E-state index in [0.717, 1.165) is 18.9 Å². The highest BCUT2D eigenvalue weighted by Gasteiger charge is 2.25. The number of rotatable bonds is 4. The molecule has 0 spiro atoms. The Kier molecular flexibility index (Phi) is 5.38. The van der Waals surface area contributed by atoms with E-state index in [1.54, 1.807) is 18.5 Å². The van der Waals surface area contributed by atoms with Gasteiger partial charge in [0.05, 0.1) is 10.6 Å². The van der Waals surface area contributed by atoms with Crippen LogP contribution < -0.4 is 10.2 Å². The van der Waals surface area contributed by atoms with E-state index in [1.165, 1.54) is 0 Å². The molecule has 3 heterocycles. The van der Waals surface area contributed by atoms with Crippen LogP contribution in [0.3, 0.4) is 0 Å². The van der Waals surface area contributed by atoms with Gasteiger partial charge in [-0.25, -0.2) is 9.97 Å². The average molecular weight is 360 g/mol. The third-order valence-electron chi connectivity index (χ3n) is 4.07. The Hall–Kier alpha value is -2.34. The molecule has 0 aromatic carbocycles. The SMILES string of the molecule is CC(C)Nc1ncccc1C(=O)N1CCN(c2ccc(Cl)cn2)CC1. The fourth-order valence-electron chi connectivity index (χ4n) is 2.83. The number of hydrogen-bond donors (Lipinski definition) is 1. The van der Waals surface area contributed by atoms with Gasteiger partial charge < -0.3 is 15.1 Å². The highest BCUT2D eigenvalue weighted by molar-refractivity contribution is 6.30. The number of amides is 1. The number of aromatic nitrogens is 2. The molecule has 0 atom stereocenters. The maximum absolute atomic E-state index is 12.9. The summed E-state index contributed by atoms with van der Waals surface area (Å²) < 4.78 is 0. The number of nitrogens with one attached hydrogen (secondary N) is 1. The number of piperazine rings is 1. The first-order valence-corrected chi connectivity index (χ1v) is 8.79. The van der Waals surface area contributed by atoms with Crippen molar-refractivity contribution in [3.8, 4) is 0 Å². The first-order chi connectivity index (χ1) is 12.0. The lowest BCUT2D eigenvalue weighted by molar-refractivity contribution is 0.0747. The molecule has 2 aromatic heterocycles. The molecular weight excluding hydrogens is 338 g/mol. The molecule has 1 aliphatic rings. The van der Waals surface area contributed by atoms with Crippen LogP contribution in [0.1, 0.15) is 24.2 Å². The molecule has 1 N–H and O–H groups in total. The second-order valence-electron chi connectivity index (χ2n) is 6.31. The van der Waals surface area contributed by atoms with Crippen LogP contribution in [-0.2, 0) is 0 Å². The van der Waals surface area contributed by atoms with Gasteiger partial charge in [-0.15, -0.1) is 0 Å². The highest BCUT2D eigenvalue weighted by Crippen LogP contribution is 2.19. The lowest BCUT2D eigenvalue weighted by Gasteiger charge is -2.35. The molecule has 1 saturated heterocycles. The van der Waals surface area contributed by atoms with Crippen LogP contribution in [0.5, 0.6) is 0 Å². The van der Waals surface area contributed by atoms with Crippen molar-refractivity contribution in [2.75, 3.05) is 36.4 Å². The second-order valence-corrected chi connectivity index (χ2v) is 6.75. The van der Waals surface area contributed by atoms with Gasteiger partial charge in [0, 0.05) is 44.6 Å². The van der Waals surface area contributed by atoms with E-state index < -0.39 is 0 Å². The molecule has 6 nitrogen and oxygen atoms in total. The quantitative estimate of drug-likeness (QED) is 0.909. The molecule has 0 saturated carbocycles. The number of anilines is 2. The lowest BCUT2D eigenvalue weighted by Crippen LogP contribution is -2.49. The Labute approximate surface area is 152 Å². The zero-order valence-corrected chi connectivity index (χ0v) is 15.2. The van der Waals surface area contributed by atoms with Gasteiger partial charge >= 0.3 is 0 Å². The van der Waals surface area contributed by atoms with E-state index >= 15 is 0 Å². The Balaban J connectivity index is 1.67.